The molecular weight excluding hydrogens is 256 g/mol. The zero-order valence-corrected chi connectivity index (χ0v) is 11.3. The highest BCUT2D eigenvalue weighted by atomic mass is 35.5. The Kier molecular flexibility index (Phi) is 6.54. The lowest BCUT2D eigenvalue weighted by Crippen LogP contribution is -2.17. The summed E-state index contributed by atoms with van der Waals surface area (Å²) in [5.41, 5.74) is 0.879. The van der Waals surface area contributed by atoms with Crippen LogP contribution in [0.3, 0.4) is 0 Å². The Labute approximate surface area is 112 Å². The van der Waals surface area contributed by atoms with Gasteiger partial charge in [-0.2, -0.15) is 0 Å². The van der Waals surface area contributed by atoms with Crippen LogP contribution in [0.4, 0.5) is 0 Å². The van der Waals surface area contributed by atoms with Gasteiger partial charge < -0.3 is 14.2 Å². The maximum atomic E-state index is 11.3. The molecule has 0 aromatic heterocycles. The second-order valence-corrected chi connectivity index (χ2v) is 4.05. The van der Waals surface area contributed by atoms with Crippen LogP contribution in [0, 0.1) is 6.92 Å². The van der Waals surface area contributed by atoms with Crippen molar-refractivity contribution < 1.29 is 19.0 Å². The van der Waals surface area contributed by atoms with E-state index < -0.39 is 5.97 Å². The molecule has 0 saturated heterocycles. The standard InChI is InChI=1S/C13H17ClO4/c1-3-16-6-7-17-13(15)9-18-12-5-4-11(14)8-10(12)2/h4-5,8H,3,6-7,9H2,1-2H3. The number of benzene rings is 1. The SMILES string of the molecule is CCOCCOC(=O)COc1ccc(Cl)cc1C. The molecule has 0 bridgehead atoms. The van der Waals surface area contributed by atoms with Crippen LogP contribution in [0.2, 0.25) is 5.02 Å². The number of carbonyl (C=O) groups excluding carboxylic acids is 1. The highest BCUT2D eigenvalue weighted by Crippen LogP contribution is 2.21. The number of esters is 1. The van der Waals surface area contributed by atoms with E-state index in [1.54, 1.807) is 18.2 Å². The second-order valence-electron chi connectivity index (χ2n) is 3.62. The van der Waals surface area contributed by atoms with Crippen LogP contribution in [0.25, 0.3) is 0 Å². The Hall–Kier alpha value is -1.26. The first kappa shape index (κ1) is 14.8. The molecule has 18 heavy (non-hydrogen) atoms. The van der Waals surface area contributed by atoms with E-state index in [1.165, 1.54) is 0 Å². The fourth-order valence-corrected chi connectivity index (χ4v) is 1.54. The maximum Gasteiger partial charge on any atom is 0.344 e. The molecule has 0 heterocycles. The van der Waals surface area contributed by atoms with Crippen LogP contribution < -0.4 is 4.74 Å². The number of hydrogen-bond acceptors (Lipinski definition) is 4. The number of carbonyl (C=O) groups is 1. The Morgan fingerprint density at radius 3 is 2.78 bits per heavy atom. The van der Waals surface area contributed by atoms with Gasteiger partial charge in [-0.05, 0) is 37.6 Å². The first-order valence-corrected chi connectivity index (χ1v) is 6.13. The first-order valence-electron chi connectivity index (χ1n) is 5.75. The molecule has 1 aromatic rings. The Balaban J connectivity index is 2.29. The number of ether oxygens (including phenoxy) is 3. The average Bonchev–Trinajstić information content (AvgIpc) is 2.33. The average molecular weight is 273 g/mol. The van der Waals surface area contributed by atoms with E-state index in [9.17, 15) is 4.79 Å². The summed E-state index contributed by atoms with van der Waals surface area (Å²) in [4.78, 5) is 11.3. The van der Waals surface area contributed by atoms with Gasteiger partial charge in [-0.25, -0.2) is 4.79 Å². The third-order valence-corrected chi connectivity index (χ3v) is 2.41. The normalized spacial score (nSPS) is 10.2. The van der Waals surface area contributed by atoms with Crippen LogP contribution in [-0.4, -0.2) is 32.4 Å². The van der Waals surface area contributed by atoms with Gasteiger partial charge >= 0.3 is 5.97 Å². The summed E-state index contributed by atoms with van der Waals surface area (Å²) < 4.78 is 15.3. The van der Waals surface area contributed by atoms with Crippen molar-refractivity contribution in [3.05, 3.63) is 28.8 Å². The molecule has 0 aliphatic rings. The predicted octanol–water partition coefficient (Wildman–Crippen LogP) is 2.61. The van der Waals surface area contributed by atoms with Gasteiger partial charge in [0.15, 0.2) is 6.61 Å². The molecule has 0 spiro atoms. The minimum absolute atomic E-state index is 0.116. The molecule has 0 N–H and O–H groups in total. The summed E-state index contributed by atoms with van der Waals surface area (Å²) >= 11 is 5.82. The van der Waals surface area contributed by atoms with Crippen molar-refractivity contribution in [3.8, 4) is 5.75 Å². The lowest BCUT2D eigenvalue weighted by molar-refractivity contribution is -0.147. The van der Waals surface area contributed by atoms with Crippen LogP contribution in [0.1, 0.15) is 12.5 Å². The minimum Gasteiger partial charge on any atom is -0.482 e. The van der Waals surface area contributed by atoms with Crippen molar-refractivity contribution in [2.45, 2.75) is 13.8 Å². The van der Waals surface area contributed by atoms with Crippen LogP contribution >= 0.6 is 11.6 Å². The highest BCUT2D eigenvalue weighted by molar-refractivity contribution is 6.30. The quantitative estimate of drug-likeness (QED) is 0.565. The molecule has 0 unspecified atom stereocenters. The van der Waals surface area contributed by atoms with Crippen LogP contribution in [0.15, 0.2) is 18.2 Å². The molecule has 0 saturated carbocycles. The zero-order valence-electron chi connectivity index (χ0n) is 10.6. The van der Waals surface area contributed by atoms with Crippen LogP contribution in [0.5, 0.6) is 5.75 Å². The summed E-state index contributed by atoms with van der Waals surface area (Å²) in [5.74, 6) is 0.213. The first-order chi connectivity index (χ1) is 8.63. The second kappa shape index (κ2) is 7.95. The molecule has 1 aromatic carbocycles. The Morgan fingerprint density at radius 2 is 2.11 bits per heavy atom. The zero-order chi connectivity index (χ0) is 13.4. The number of rotatable bonds is 7. The lowest BCUT2D eigenvalue weighted by Gasteiger charge is -2.09. The highest BCUT2D eigenvalue weighted by Gasteiger charge is 2.06. The van der Waals surface area contributed by atoms with E-state index in [-0.39, 0.29) is 13.2 Å². The number of hydrogen-bond donors (Lipinski definition) is 0. The third-order valence-electron chi connectivity index (χ3n) is 2.18. The van der Waals surface area contributed by atoms with Crippen molar-refractivity contribution in [2.24, 2.45) is 0 Å². The third kappa shape index (κ3) is 5.38. The number of halogens is 1. The minimum atomic E-state index is -0.413. The lowest BCUT2D eigenvalue weighted by atomic mass is 10.2. The van der Waals surface area contributed by atoms with Gasteiger partial charge in [-0.3, -0.25) is 0 Å². The van der Waals surface area contributed by atoms with Gasteiger partial charge in [0.05, 0.1) is 6.61 Å². The summed E-state index contributed by atoms with van der Waals surface area (Å²) in [5, 5.41) is 0.638. The van der Waals surface area contributed by atoms with Crippen molar-refractivity contribution >= 4 is 17.6 Å². The van der Waals surface area contributed by atoms with Crippen molar-refractivity contribution in [2.75, 3.05) is 26.4 Å². The summed E-state index contributed by atoms with van der Waals surface area (Å²) in [6, 6.07) is 5.22. The molecule has 1 rings (SSSR count). The van der Waals surface area contributed by atoms with E-state index >= 15 is 0 Å². The van der Waals surface area contributed by atoms with Crippen molar-refractivity contribution in [3.63, 3.8) is 0 Å². The molecule has 0 atom stereocenters. The Morgan fingerprint density at radius 1 is 1.33 bits per heavy atom. The van der Waals surface area contributed by atoms with Gasteiger partial charge in [-0.15, -0.1) is 0 Å². The molecule has 0 aliphatic heterocycles. The largest absolute Gasteiger partial charge is 0.482 e. The summed E-state index contributed by atoms with van der Waals surface area (Å²) in [6.45, 7) is 4.89. The van der Waals surface area contributed by atoms with E-state index in [1.807, 2.05) is 13.8 Å². The molecular formula is C13H17ClO4. The summed E-state index contributed by atoms with van der Waals surface area (Å²) in [7, 11) is 0. The van der Waals surface area contributed by atoms with Gasteiger partial charge in [-0.1, -0.05) is 11.6 Å². The number of aryl methyl sites for hydroxylation is 1. The van der Waals surface area contributed by atoms with Gasteiger partial charge in [0.1, 0.15) is 12.4 Å². The molecule has 5 heteroatoms. The fraction of sp³-hybridized carbons (Fsp3) is 0.462. The molecule has 0 amide bonds. The predicted molar refractivity (Wildman–Crippen MR) is 69.1 cm³/mol. The van der Waals surface area contributed by atoms with E-state index in [2.05, 4.69) is 0 Å². The maximum absolute atomic E-state index is 11.3. The van der Waals surface area contributed by atoms with Gasteiger partial charge in [0.2, 0.25) is 0 Å². The molecule has 4 nitrogen and oxygen atoms in total. The van der Waals surface area contributed by atoms with E-state index in [0.29, 0.717) is 24.0 Å². The van der Waals surface area contributed by atoms with Crippen LogP contribution in [-0.2, 0) is 14.3 Å². The van der Waals surface area contributed by atoms with Gasteiger partial charge in [0.25, 0.3) is 0 Å². The summed E-state index contributed by atoms with van der Waals surface area (Å²) in [6.07, 6.45) is 0. The molecule has 100 valence electrons. The fourth-order valence-electron chi connectivity index (χ4n) is 1.31. The molecule has 0 fully saturated rings. The monoisotopic (exact) mass is 272 g/mol. The van der Waals surface area contributed by atoms with E-state index in [0.717, 1.165) is 5.56 Å². The van der Waals surface area contributed by atoms with Gasteiger partial charge in [0, 0.05) is 11.6 Å². The van der Waals surface area contributed by atoms with Crippen molar-refractivity contribution in [1.82, 2.24) is 0 Å². The van der Waals surface area contributed by atoms with Crippen molar-refractivity contribution in [1.29, 1.82) is 0 Å². The molecule has 0 radical (unpaired) electrons. The topological polar surface area (TPSA) is 44.8 Å². The Bertz CT molecular complexity index is 393. The molecule has 0 aliphatic carbocycles. The van der Waals surface area contributed by atoms with E-state index in [4.69, 9.17) is 25.8 Å². The smallest absolute Gasteiger partial charge is 0.344 e.